The Morgan fingerprint density at radius 1 is 1.06 bits per heavy atom. The maximum absolute atomic E-state index is 13.1. The number of nitrogens with zero attached hydrogens (tertiary/aromatic N) is 3. The van der Waals surface area contributed by atoms with Gasteiger partial charge in [-0.2, -0.15) is 26.3 Å². The van der Waals surface area contributed by atoms with Crippen LogP contribution >= 0.6 is 11.6 Å². The second-order valence-electron chi connectivity index (χ2n) is 6.01. The van der Waals surface area contributed by atoms with E-state index >= 15 is 0 Å². The van der Waals surface area contributed by atoms with Crippen molar-refractivity contribution < 1.29 is 41.4 Å². The minimum absolute atomic E-state index is 0.109. The highest BCUT2D eigenvalue weighted by Gasteiger charge is 2.42. The second kappa shape index (κ2) is 8.58. The second-order valence-corrected chi connectivity index (χ2v) is 6.39. The van der Waals surface area contributed by atoms with E-state index in [1.165, 1.54) is 5.48 Å². The molecule has 172 valence electrons. The summed E-state index contributed by atoms with van der Waals surface area (Å²) in [5.41, 5.74) is -7.25. The first-order chi connectivity index (χ1) is 14.6. The first kappa shape index (κ1) is 24.8. The zero-order valence-corrected chi connectivity index (χ0v) is 16.1. The number of aliphatic imine (C=N–C) groups is 1. The minimum Gasteiger partial charge on any atom is -0.290 e. The smallest absolute Gasteiger partial charge is 0.290 e. The van der Waals surface area contributed by atoms with Gasteiger partial charge < -0.3 is 0 Å². The molecule has 0 aliphatic carbocycles. The van der Waals surface area contributed by atoms with Crippen molar-refractivity contribution in [2.75, 3.05) is 0 Å². The molecular formula is C16H9ClF6N4O5. The van der Waals surface area contributed by atoms with E-state index in [0.29, 0.717) is 6.07 Å². The van der Waals surface area contributed by atoms with E-state index in [4.69, 9.17) is 11.6 Å². The number of halogens is 7. The lowest BCUT2D eigenvalue weighted by molar-refractivity contribution is -0.392. The Morgan fingerprint density at radius 2 is 1.62 bits per heavy atom. The Hall–Kier alpha value is -3.46. The van der Waals surface area contributed by atoms with Crippen LogP contribution in [0.15, 0.2) is 29.3 Å². The zero-order chi connectivity index (χ0) is 24.6. The maximum atomic E-state index is 13.1. The Bertz CT molecular complexity index is 1130. The lowest BCUT2D eigenvalue weighted by Gasteiger charge is -2.15. The van der Waals surface area contributed by atoms with E-state index < -0.39 is 72.4 Å². The van der Waals surface area contributed by atoms with Crippen LogP contribution in [0.1, 0.15) is 22.3 Å². The predicted octanol–water partition coefficient (Wildman–Crippen LogP) is 5.56. The van der Waals surface area contributed by atoms with Gasteiger partial charge in [-0.15, -0.1) is 0 Å². The first-order valence-corrected chi connectivity index (χ1v) is 8.37. The molecule has 16 heteroatoms. The number of hydrogen-bond donors (Lipinski definition) is 2. The molecule has 9 nitrogen and oxygen atoms in total. The molecule has 0 saturated carbocycles. The highest BCUT2D eigenvalue weighted by atomic mass is 35.5. The van der Waals surface area contributed by atoms with Crippen LogP contribution in [0.3, 0.4) is 0 Å². The molecule has 2 aromatic rings. The van der Waals surface area contributed by atoms with Crippen molar-refractivity contribution in [3.8, 4) is 0 Å². The van der Waals surface area contributed by atoms with Crippen LogP contribution in [-0.2, 0) is 12.4 Å². The monoisotopic (exact) mass is 486 g/mol. The van der Waals surface area contributed by atoms with Crippen LogP contribution in [0, 0.1) is 27.2 Å². The summed E-state index contributed by atoms with van der Waals surface area (Å²) in [4.78, 5) is 23.2. The van der Waals surface area contributed by atoms with Crippen LogP contribution in [0.2, 0.25) is 5.02 Å². The number of nitrogens with one attached hydrogen (secondary N) is 1. The highest BCUT2D eigenvalue weighted by Crippen LogP contribution is 2.49. The molecule has 2 aromatic carbocycles. The van der Waals surface area contributed by atoms with Crippen LogP contribution in [0.4, 0.5) is 43.4 Å². The summed E-state index contributed by atoms with van der Waals surface area (Å²) in [6, 6.07) is 2.44. The number of rotatable bonds is 4. The molecule has 0 fully saturated rings. The van der Waals surface area contributed by atoms with E-state index in [9.17, 15) is 51.8 Å². The van der Waals surface area contributed by atoms with Crippen molar-refractivity contribution in [1.82, 2.24) is 5.48 Å². The number of amidine groups is 1. The molecule has 0 aliphatic heterocycles. The van der Waals surface area contributed by atoms with Crippen molar-refractivity contribution in [2.24, 2.45) is 4.99 Å². The topological polar surface area (TPSA) is 131 Å². The minimum atomic E-state index is -5.31. The van der Waals surface area contributed by atoms with Gasteiger partial charge >= 0.3 is 23.7 Å². The molecule has 0 unspecified atom stereocenters. The molecule has 0 atom stereocenters. The van der Waals surface area contributed by atoms with Gasteiger partial charge in [-0.05, 0) is 18.6 Å². The van der Waals surface area contributed by atoms with Crippen LogP contribution in [0.25, 0.3) is 0 Å². The van der Waals surface area contributed by atoms with Gasteiger partial charge in [0.2, 0.25) is 5.69 Å². The number of benzene rings is 2. The average molecular weight is 487 g/mol. The Kier molecular flexibility index (Phi) is 6.65. The van der Waals surface area contributed by atoms with Gasteiger partial charge in [0.15, 0.2) is 5.84 Å². The van der Waals surface area contributed by atoms with E-state index in [1.807, 2.05) is 0 Å². The Morgan fingerprint density at radius 3 is 2.06 bits per heavy atom. The van der Waals surface area contributed by atoms with Crippen molar-refractivity contribution in [1.29, 1.82) is 0 Å². The summed E-state index contributed by atoms with van der Waals surface area (Å²) < 4.78 is 78.9. The third-order valence-electron chi connectivity index (χ3n) is 4.10. The summed E-state index contributed by atoms with van der Waals surface area (Å²) in [6.45, 7) is 0.952. The summed E-state index contributed by atoms with van der Waals surface area (Å²) in [7, 11) is 0. The molecule has 2 rings (SSSR count). The molecule has 0 amide bonds. The third kappa shape index (κ3) is 4.72. The number of nitro groups is 2. The van der Waals surface area contributed by atoms with E-state index in [-0.39, 0.29) is 6.07 Å². The quantitative estimate of drug-likeness (QED) is 0.191. The van der Waals surface area contributed by atoms with Gasteiger partial charge in [0, 0.05) is 11.6 Å². The maximum Gasteiger partial charge on any atom is 0.418 e. The Labute approximate surface area is 178 Å². The number of hydroxylamine groups is 1. The summed E-state index contributed by atoms with van der Waals surface area (Å²) in [5.74, 6) is -0.948. The van der Waals surface area contributed by atoms with Crippen molar-refractivity contribution in [3.05, 3.63) is 71.8 Å². The molecule has 2 N–H and O–H groups in total. The van der Waals surface area contributed by atoms with Gasteiger partial charge in [-0.1, -0.05) is 23.7 Å². The largest absolute Gasteiger partial charge is 0.418 e. The molecular weight excluding hydrogens is 478 g/mol. The van der Waals surface area contributed by atoms with E-state index in [0.717, 1.165) is 19.1 Å². The van der Waals surface area contributed by atoms with Crippen molar-refractivity contribution >= 4 is 34.5 Å². The lowest BCUT2D eigenvalue weighted by atomic mass is 10.0. The fourth-order valence-electron chi connectivity index (χ4n) is 2.70. The summed E-state index contributed by atoms with van der Waals surface area (Å²) >= 11 is 5.47. The zero-order valence-electron chi connectivity index (χ0n) is 15.4. The van der Waals surface area contributed by atoms with Crippen molar-refractivity contribution in [2.45, 2.75) is 19.3 Å². The molecule has 0 heterocycles. The van der Waals surface area contributed by atoms with Crippen LogP contribution in [0.5, 0.6) is 0 Å². The standard InChI is InChI=1S/C16H9ClF6N4O5/c1-6-7(3-2-4-8(6)15(18,19)20)14(25-28)24-12-10(26(29)30)5-9(16(21,22)23)11(17)13(12)27(31)32/h2-5,28H,1H3,(H,24,25). The molecule has 0 aromatic heterocycles. The normalized spacial score (nSPS) is 12.6. The average Bonchev–Trinajstić information content (AvgIpc) is 2.63. The lowest BCUT2D eigenvalue weighted by Crippen LogP contribution is -2.23. The van der Waals surface area contributed by atoms with Gasteiger partial charge in [-0.25, -0.2) is 4.99 Å². The van der Waals surface area contributed by atoms with E-state index in [2.05, 4.69) is 4.99 Å². The fraction of sp³-hybridized carbons (Fsp3) is 0.188. The van der Waals surface area contributed by atoms with Crippen molar-refractivity contribution in [3.63, 3.8) is 0 Å². The van der Waals surface area contributed by atoms with E-state index in [1.54, 1.807) is 0 Å². The van der Waals surface area contributed by atoms with Gasteiger partial charge in [-0.3, -0.25) is 30.9 Å². The molecule has 0 spiro atoms. The Balaban J connectivity index is 2.95. The molecule has 0 bridgehead atoms. The van der Waals surface area contributed by atoms with Crippen LogP contribution in [-0.4, -0.2) is 20.9 Å². The van der Waals surface area contributed by atoms with Gasteiger partial charge in [0.1, 0.15) is 5.02 Å². The first-order valence-electron chi connectivity index (χ1n) is 7.99. The fourth-order valence-corrected chi connectivity index (χ4v) is 3.02. The molecule has 0 aliphatic rings. The number of hydrogen-bond acceptors (Lipinski definition) is 6. The SMILES string of the molecule is Cc1c(C(=Nc2c([N+](=O)[O-])cc(C(F)(F)F)c(Cl)c2[N+](=O)[O-])NO)cccc1C(F)(F)F. The molecule has 0 radical (unpaired) electrons. The highest BCUT2D eigenvalue weighted by molar-refractivity contribution is 6.34. The third-order valence-corrected chi connectivity index (χ3v) is 4.48. The summed E-state index contributed by atoms with van der Waals surface area (Å²) in [6.07, 6.45) is -10.2. The van der Waals surface area contributed by atoms with Gasteiger partial charge in [0.05, 0.1) is 21.0 Å². The van der Waals surface area contributed by atoms with Crippen LogP contribution < -0.4 is 5.48 Å². The van der Waals surface area contributed by atoms with Gasteiger partial charge in [0.25, 0.3) is 0 Å². The summed E-state index contributed by atoms with van der Waals surface area (Å²) in [5, 5.41) is 30.5. The number of alkyl halides is 6. The molecule has 0 saturated heterocycles. The predicted molar refractivity (Wildman–Crippen MR) is 97.1 cm³/mol. The molecule has 32 heavy (non-hydrogen) atoms. The number of nitro benzene ring substituents is 2.